The van der Waals surface area contributed by atoms with Crippen LogP contribution in [0.1, 0.15) is 49.7 Å². The van der Waals surface area contributed by atoms with Crippen molar-refractivity contribution < 1.29 is 4.79 Å². The molecule has 4 rings (SSSR count). The lowest BCUT2D eigenvalue weighted by Crippen LogP contribution is -2.42. The predicted molar refractivity (Wildman–Crippen MR) is 150 cm³/mol. The summed E-state index contributed by atoms with van der Waals surface area (Å²) >= 11 is 3.23. The lowest BCUT2D eigenvalue weighted by atomic mass is 10.0. The van der Waals surface area contributed by atoms with Gasteiger partial charge in [0.15, 0.2) is 0 Å². The number of hydrogen-bond acceptors (Lipinski definition) is 4. The van der Waals surface area contributed by atoms with Crippen molar-refractivity contribution in [2.24, 2.45) is 0 Å². The highest BCUT2D eigenvalue weighted by atomic mass is 32.2. The van der Waals surface area contributed by atoms with E-state index in [0.29, 0.717) is 6.54 Å². The Hall–Kier alpha value is -2.44. The maximum Gasteiger partial charge on any atom is 0.322 e. The lowest BCUT2D eigenvalue weighted by Gasteiger charge is -2.32. The van der Waals surface area contributed by atoms with Crippen molar-refractivity contribution in [2.75, 3.05) is 17.8 Å². The molecule has 2 aromatic carbocycles. The Morgan fingerprint density at radius 2 is 1.60 bits per heavy atom. The van der Waals surface area contributed by atoms with Crippen LogP contribution in [-0.2, 0) is 6.54 Å². The van der Waals surface area contributed by atoms with Crippen LogP contribution in [0, 0.1) is 6.92 Å². The van der Waals surface area contributed by atoms with E-state index in [2.05, 4.69) is 76.9 Å². The van der Waals surface area contributed by atoms with Crippen LogP contribution >= 0.6 is 23.5 Å². The predicted octanol–water partition coefficient (Wildman–Crippen LogP) is 8.26. The molecule has 1 fully saturated rings. The summed E-state index contributed by atoms with van der Waals surface area (Å²) in [7, 11) is 0. The van der Waals surface area contributed by atoms with Gasteiger partial charge in [-0.25, -0.2) is 9.78 Å². The molecular formula is C29H35N3OS2. The standard InChI is InChI=1S/C29H35N3OS2/c1-21-19-30-28(35-3)26(27(21)34-2)31-29(33)32(25-13-9-4-5-10-14-25)20-22-15-17-24(18-16-22)23-11-7-6-8-12-23/h6-8,11-12,15-19,25H,4-5,9-10,13-14,20H2,1-3H3,(H,31,33). The number of carbonyl (C=O) groups is 1. The van der Waals surface area contributed by atoms with Gasteiger partial charge in [-0.05, 0) is 54.5 Å². The fraction of sp³-hybridized carbons (Fsp3) is 0.379. The van der Waals surface area contributed by atoms with Crippen molar-refractivity contribution >= 4 is 35.2 Å². The first-order valence-corrected chi connectivity index (χ1v) is 14.8. The van der Waals surface area contributed by atoms with Gasteiger partial charge in [0.25, 0.3) is 0 Å². The SMILES string of the molecule is CSc1ncc(C)c(SC)c1NC(=O)N(Cc1ccc(-c2ccccc2)cc1)C1CCCCCC1. The number of benzene rings is 2. The minimum Gasteiger partial charge on any atom is -0.317 e. The van der Waals surface area contributed by atoms with E-state index in [4.69, 9.17) is 0 Å². The van der Waals surface area contributed by atoms with E-state index in [1.807, 2.05) is 18.5 Å². The number of aryl methyl sites for hydroxylation is 1. The maximum atomic E-state index is 13.8. The molecule has 1 N–H and O–H groups in total. The van der Waals surface area contributed by atoms with Crippen molar-refractivity contribution in [3.05, 3.63) is 71.9 Å². The summed E-state index contributed by atoms with van der Waals surface area (Å²) < 4.78 is 0. The Labute approximate surface area is 218 Å². The second-order valence-corrected chi connectivity index (χ2v) is 10.7. The van der Waals surface area contributed by atoms with E-state index in [1.54, 1.807) is 23.5 Å². The minimum atomic E-state index is -0.0259. The molecule has 35 heavy (non-hydrogen) atoms. The van der Waals surface area contributed by atoms with Crippen LogP contribution in [0.2, 0.25) is 0 Å². The number of pyridine rings is 1. The highest BCUT2D eigenvalue weighted by molar-refractivity contribution is 7.99. The first-order valence-electron chi connectivity index (χ1n) is 12.4. The van der Waals surface area contributed by atoms with Gasteiger partial charge in [0.1, 0.15) is 5.03 Å². The molecule has 1 aliphatic rings. The summed E-state index contributed by atoms with van der Waals surface area (Å²) in [5.41, 5.74) is 5.48. The van der Waals surface area contributed by atoms with Crippen LogP contribution in [0.4, 0.5) is 10.5 Å². The van der Waals surface area contributed by atoms with Crippen LogP contribution in [0.25, 0.3) is 11.1 Å². The highest BCUT2D eigenvalue weighted by Gasteiger charge is 2.26. The molecule has 4 nitrogen and oxygen atoms in total. The van der Waals surface area contributed by atoms with Crippen molar-refractivity contribution in [2.45, 2.75) is 68.0 Å². The molecule has 184 valence electrons. The summed E-state index contributed by atoms with van der Waals surface area (Å²) in [6.07, 6.45) is 13.0. The summed E-state index contributed by atoms with van der Waals surface area (Å²) in [4.78, 5) is 21.6. The molecule has 1 saturated carbocycles. The maximum absolute atomic E-state index is 13.8. The molecule has 1 aliphatic carbocycles. The number of urea groups is 1. The molecule has 0 aliphatic heterocycles. The summed E-state index contributed by atoms with van der Waals surface area (Å²) in [5.74, 6) is 0. The molecule has 1 heterocycles. The van der Waals surface area contributed by atoms with E-state index < -0.39 is 0 Å². The van der Waals surface area contributed by atoms with Crippen LogP contribution in [-0.4, -0.2) is 34.5 Å². The molecule has 0 saturated heterocycles. The molecule has 0 radical (unpaired) electrons. The quantitative estimate of drug-likeness (QED) is 0.259. The third-order valence-corrected chi connectivity index (χ3v) is 8.37. The molecule has 1 aromatic heterocycles. The Morgan fingerprint density at radius 1 is 0.943 bits per heavy atom. The van der Waals surface area contributed by atoms with Gasteiger partial charge < -0.3 is 10.2 Å². The Bertz CT molecular complexity index is 1110. The lowest BCUT2D eigenvalue weighted by molar-refractivity contribution is 0.175. The van der Waals surface area contributed by atoms with Gasteiger partial charge in [0, 0.05) is 23.7 Å². The number of amides is 2. The zero-order valence-electron chi connectivity index (χ0n) is 20.9. The van der Waals surface area contributed by atoms with Gasteiger partial charge in [-0.1, -0.05) is 80.3 Å². The molecule has 0 spiro atoms. The normalized spacial score (nSPS) is 14.4. The average molecular weight is 506 g/mol. The van der Waals surface area contributed by atoms with Crippen molar-refractivity contribution in [3.8, 4) is 11.1 Å². The van der Waals surface area contributed by atoms with Gasteiger partial charge in [-0.15, -0.1) is 23.5 Å². The zero-order chi connectivity index (χ0) is 24.6. The van der Waals surface area contributed by atoms with E-state index in [1.165, 1.54) is 36.8 Å². The second-order valence-electron chi connectivity index (χ2n) is 9.13. The van der Waals surface area contributed by atoms with Crippen LogP contribution in [0.15, 0.2) is 70.7 Å². The number of nitrogens with one attached hydrogen (secondary N) is 1. The molecule has 0 atom stereocenters. The fourth-order valence-corrected chi connectivity index (χ4v) is 6.15. The van der Waals surface area contributed by atoms with Gasteiger partial charge in [0.2, 0.25) is 0 Å². The number of rotatable bonds is 7. The fourth-order valence-electron chi connectivity index (χ4n) is 4.85. The molecule has 3 aromatic rings. The number of hydrogen-bond donors (Lipinski definition) is 1. The van der Waals surface area contributed by atoms with Gasteiger partial charge >= 0.3 is 6.03 Å². The average Bonchev–Trinajstić information content (AvgIpc) is 3.18. The Balaban J connectivity index is 1.60. The number of carbonyl (C=O) groups excluding carboxylic acids is 1. The van der Waals surface area contributed by atoms with Crippen LogP contribution in [0.3, 0.4) is 0 Å². The first-order chi connectivity index (χ1) is 17.1. The molecular weight excluding hydrogens is 470 g/mol. The first kappa shape index (κ1) is 25.6. The number of aromatic nitrogens is 1. The van der Waals surface area contributed by atoms with E-state index >= 15 is 0 Å². The van der Waals surface area contributed by atoms with E-state index in [0.717, 1.165) is 39.6 Å². The van der Waals surface area contributed by atoms with E-state index in [9.17, 15) is 4.79 Å². The second kappa shape index (κ2) is 12.5. The van der Waals surface area contributed by atoms with Crippen molar-refractivity contribution in [3.63, 3.8) is 0 Å². The van der Waals surface area contributed by atoms with Crippen LogP contribution in [0.5, 0.6) is 0 Å². The molecule has 0 unspecified atom stereocenters. The highest BCUT2D eigenvalue weighted by Crippen LogP contribution is 2.36. The number of anilines is 1. The summed E-state index contributed by atoms with van der Waals surface area (Å²) in [5, 5.41) is 4.14. The Kier molecular flexibility index (Phi) is 9.16. The minimum absolute atomic E-state index is 0.0259. The van der Waals surface area contributed by atoms with E-state index in [-0.39, 0.29) is 12.1 Å². The summed E-state index contributed by atoms with van der Waals surface area (Å²) in [6.45, 7) is 2.66. The zero-order valence-corrected chi connectivity index (χ0v) is 22.6. The smallest absolute Gasteiger partial charge is 0.317 e. The third kappa shape index (κ3) is 6.42. The molecule has 2 amide bonds. The third-order valence-electron chi connectivity index (χ3n) is 6.74. The number of thioether (sulfide) groups is 2. The van der Waals surface area contributed by atoms with Gasteiger partial charge in [-0.2, -0.15) is 0 Å². The summed E-state index contributed by atoms with van der Waals surface area (Å²) in [6, 6.07) is 19.3. The molecule has 0 bridgehead atoms. The molecule has 6 heteroatoms. The largest absolute Gasteiger partial charge is 0.322 e. The Morgan fingerprint density at radius 3 is 2.23 bits per heavy atom. The topological polar surface area (TPSA) is 45.2 Å². The van der Waals surface area contributed by atoms with Gasteiger partial charge in [0.05, 0.1) is 5.69 Å². The monoisotopic (exact) mass is 505 g/mol. The number of nitrogens with zero attached hydrogens (tertiary/aromatic N) is 2. The van der Waals surface area contributed by atoms with Gasteiger partial charge in [-0.3, -0.25) is 0 Å². The van der Waals surface area contributed by atoms with Crippen molar-refractivity contribution in [1.82, 2.24) is 9.88 Å². The van der Waals surface area contributed by atoms with Crippen molar-refractivity contribution in [1.29, 1.82) is 0 Å². The van der Waals surface area contributed by atoms with Crippen LogP contribution < -0.4 is 5.32 Å².